The molecule has 2 aliphatic rings. The zero-order valence-corrected chi connectivity index (χ0v) is 18.5. The third-order valence-corrected chi connectivity index (χ3v) is 6.14. The molecule has 2 aromatic rings. The first kappa shape index (κ1) is 21.0. The molecular formula is C24H30N4O3. The normalized spacial score (nSPS) is 16.8. The molecule has 2 aromatic carbocycles. The van der Waals surface area contributed by atoms with E-state index in [0.717, 1.165) is 24.5 Å². The second-order valence-corrected chi connectivity index (χ2v) is 8.21. The molecule has 4 rings (SSSR count). The zero-order chi connectivity index (χ0) is 22.0. The van der Waals surface area contributed by atoms with Crippen molar-refractivity contribution in [1.29, 1.82) is 0 Å². The Bertz CT molecular complexity index is 952. The highest BCUT2D eigenvalue weighted by molar-refractivity contribution is 5.96. The van der Waals surface area contributed by atoms with Crippen LogP contribution in [0.4, 0.5) is 16.2 Å². The summed E-state index contributed by atoms with van der Waals surface area (Å²) in [7, 11) is 1.62. The van der Waals surface area contributed by atoms with E-state index in [1.165, 1.54) is 16.8 Å². The summed E-state index contributed by atoms with van der Waals surface area (Å²) in [5.74, 6) is 0.771. The van der Waals surface area contributed by atoms with E-state index >= 15 is 0 Å². The zero-order valence-electron chi connectivity index (χ0n) is 18.5. The van der Waals surface area contributed by atoms with Gasteiger partial charge in [0.05, 0.1) is 7.11 Å². The van der Waals surface area contributed by atoms with Gasteiger partial charge in [0.2, 0.25) is 5.91 Å². The number of nitrogens with zero attached hydrogens (tertiary/aromatic N) is 4. The molecule has 0 spiro atoms. The number of aryl methyl sites for hydroxylation is 2. The molecule has 0 atom stereocenters. The van der Waals surface area contributed by atoms with E-state index < -0.39 is 0 Å². The Labute approximate surface area is 183 Å². The van der Waals surface area contributed by atoms with E-state index in [9.17, 15) is 9.59 Å². The monoisotopic (exact) mass is 422 g/mol. The molecule has 31 heavy (non-hydrogen) atoms. The fourth-order valence-electron chi connectivity index (χ4n) is 4.25. The van der Waals surface area contributed by atoms with E-state index in [1.54, 1.807) is 16.9 Å². The van der Waals surface area contributed by atoms with Crippen LogP contribution < -0.4 is 14.5 Å². The lowest BCUT2D eigenvalue weighted by Crippen LogP contribution is -2.51. The van der Waals surface area contributed by atoms with Gasteiger partial charge in [0.15, 0.2) is 0 Å². The predicted octanol–water partition coefficient (Wildman–Crippen LogP) is 2.90. The molecule has 0 unspecified atom stereocenters. The van der Waals surface area contributed by atoms with Crippen molar-refractivity contribution in [2.45, 2.75) is 13.8 Å². The first-order chi connectivity index (χ1) is 15.0. The summed E-state index contributed by atoms with van der Waals surface area (Å²) < 4.78 is 5.18. The van der Waals surface area contributed by atoms with E-state index in [2.05, 4.69) is 36.9 Å². The molecule has 7 heteroatoms. The van der Waals surface area contributed by atoms with Crippen molar-refractivity contribution < 1.29 is 14.3 Å². The van der Waals surface area contributed by atoms with Gasteiger partial charge in [-0.25, -0.2) is 4.79 Å². The van der Waals surface area contributed by atoms with Crippen molar-refractivity contribution >= 4 is 23.3 Å². The lowest BCUT2D eigenvalue weighted by atomic mass is 10.1. The van der Waals surface area contributed by atoms with Crippen LogP contribution >= 0.6 is 0 Å². The number of carbonyl (C=O) groups excluding carboxylic acids is 2. The van der Waals surface area contributed by atoms with Crippen molar-refractivity contribution in [3.05, 3.63) is 53.6 Å². The maximum Gasteiger partial charge on any atom is 0.325 e. The SMILES string of the molecule is COc1ccc(N2CCN(CC(=O)N3CCN(c4cc(C)ccc4C)CC3)C2=O)cc1. The molecule has 2 aliphatic heterocycles. The Morgan fingerprint density at radius 2 is 1.65 bits per heavy atom. The summed E-state index contributed by atoms with van der Waals surface area (Å²) in [6, 6.07) is 13.8. The number of benzene rings is 2. The standard InChI is InChI=1S/C24H30N4O3/c1-18-4-5-19(2)22(16-18)25-10-12-26(13-11-25)23(29)17-27-14-15-28(24(27)30)20-6-8-21(31-3)9-7-20/h4-9,16H,10-15,17H2,1-3H3. The average molecular weight is 423 g/mol. The molecule has 0 aromatic heterocycles. The number of amides is 3. The van der Waals surface area contributed by atoms with E-state index in [4.69, 9.17) is 4.74 Å². The van der Waals surface area contributed by atoms with Crippen molar-refractivity contribution in [2.24, 2.45) is 0 Å². The molecule has 0 saturated carbocycles. The smallest absolute Gasteiger partial charge is 0.325 e. The van der Waals surface area contributed by atoms with Gasteiger partial charge in [-0.05, 0) is 55.3 Å². The summed E-state index contributed by atoms with van der Waals surface area (Å²) in [6.07, 6.45) is 0. The van der Waals surface area contributed by atoms with Gasteiger partial charge < -0.3 is 19.4 Å². The first-order valence-electron chi connectivity index (χ1n) is 10.8. The van der Waals surface area contributed by atoms with Crippen LogP contribution in [0, 0.1) is 13.8 Å². The second kappa shape index (κ2) is 8.88. The molecule has 0 aliphatic carbocycles. The Hall–Kier alpha value is -3.22. The maximum atomic E-state index is 12.9. The maximum absolute atomic E-state index is 12.9. The Kier molecular flexibility index (Phi) is 6.02. The minimum Gasteiger partial charge on any atom is -0.497 e. The fraction of sp³-hybridized carbons (Fsp3) is 0.417. The van der Waals surface area contributed by atoms with E-state index in [-0.39, 0.29) is 18.5 Å². The minimum absolute atomic E-state index is 0.0190. The molecular weight excluding hydrogens is 392 g/mol. The van der Waals surface area contributed by atoms with Crippen molar-refractivity contribution in [1.82, 2.24) is 9.80 Å². The average Bonchev–Trinajstić information content (AvgIpc) is 3.15. The van der Waals surface area contributed by atoms with Crippen molar-refractivity contribution in [2.75, 3.05) is 62.7 Å². The van der Waals surface area contributed by atoms with Gasteiger partial charge in [-0.3, -0.25) is 9.69 Å². The number of carbonyl (C=O) groups is 2. The number of hydrogen-bond donors (Lipinski definition) is 0. The predicted molar refractivity (Wildman–Crippen MR) is 122 cm³/mol. The minimum atomic E-state index is -0.118. The van der Waals surface area contributed by atoms with Gasteiger partial charge in [-0.2, -0.15) is 0 Å². The van der Waals surface area contributed by atoms with Crippen LogP contribution in [0.15, 0.2) is 42.5 Å². The van der Waals surface area contributed by atoms with Gasteiger partial charge in [0, 0.05) is 50.6 Å². The Morgan fingerprint density at radius 1 is 0.935 bits per heavy atom. The number of hydrogen-bond acceptors (Lipinski definition) is 4. The molecule has 2 saturated heterocycles. The van der Waals surface area contributed by atoms with Crippen molar-refractivity contribution in [3.8, 4) is 5.75 Å². The highest BCUT2D eigenvalue weighted by Gasteiger charge is 2.32. The van der Waals surface area contributed by atoms with Crippen LogP contribution in [0.5, 0.6) is 5.75 Å². The number of ether oxygens (including phenoxy) is 1. The number of piperazine rings is 1. The highest BCUT2D eigenvalue weighted by atomic mass is 16.5. The van der Waals surface area contributed by atoms with Crippen LogP contribution in [0.3, 0.4) is 0 Å². The molecule has 0 bridgehead atoms. The number of methoxy groups -OCH3 is 1. The van der Waals surface area contributed by atoms with Crippen LogP contribution in [-0.2, 0) is 4.79 Å². The van der Waals surface area contributed by atoms with Crippen LogP contribution in [0.1, 0.15) is 11.1 Å². The third kappa shape index (κ3) is 4.45. The fourth-order valence-corrected chi connectivity index (χ4v) is 4.25. The molecule has 164 valence electrons. The number of rotatable bonds is 5. The van der Waals surface area contributed by atoms with Crippen LogP contribution in [0.2, 0.25) is 0 Å². The van der Waals surface area contributed by atoms with Gasteiger partial charge in [-0.15, -0.1) is 0 Å². The summed E-state index contributed by atoms with van der Waals surface area (Å²) in [4.78, 5) is 33.3. The first-order valence-corrected chi connectivity index (χ1v) is 10.8. The lowest BCUT2D eigenvalue weighted by molar-refractivity contribution is -0.131. The molecule has 0 N–H and O–H groups in total. The Morgan fingerprint density at radius 3 is 2.32 bits per heavy atom. The van der Waals surface area contributed by atoms with Crippen LogP contribution in [-0.4, -0.2) is 74.7 Å². The molecule has 7 nitrogen and oxygen atoms in total. The van der Waals surface area contributed by atoms with Gasteiger partial charge in [0.1, 0.15) is 12.3 Å². The highest BCUT2D eigenvalue weighted by Crippen LogP contribution is 2.24. The number of anilines is 2. The molecule has 2 heterocycles. The second-order valence-electron chi connectivity index (χ2n) is 8.21. The topological polar surface area (TPSA) is 56.3 Å². The summed E-state index contributed by atoms with van der Waals surface area (Å²) in [6.45, 7) is 8.47. The van der Waals surface area contributed by atoms with Gasteiger partial charge >= 0.3 is 6.03 Å². The molecule has 0 radical (unpaired) electrons. The van der Waals surface area contributed by atoms with E-state index in [0.29, 0.717) is 26.2 Å². The van der Waals surface area contributed by atoms with Crippen LogP contribution in [0.25, 0.3) is 0 Å². The van der Waals surface area contributed by atoms with Gasteiger partial charge in [0.25, 0.3) is 0 Å². The lowest BCUT2D eigenvalue weighted by Gasteiger charge is -2.37. The third-order valence-electron chi connectivity index (χ3n) is 6.14. The molecule has 2 fully saturated rings. The summed E-state index contributed by atoms with van der Waals surface area (Å²) in [5, 5.41) is 0. The van der Waals surface area contributed by atoms with Crippen molar-refractivity contribution in [3.63, 3.8) is 0 Å². The summed E-state index contributed by atoms with van der Waals surface area (Å²) >= 11 is 0. The number of urea groups is 1. The summed E-state index contributed by atoms with van der Waals surface area (Å²) in [5.41, 5.74) is 4.57. The largest absolute Gasteiger partial charge is 0.497 e. The Balaban J connectivity index is 1.32. The van der Waals surface area contributed by atoms with Gasteiger partial charge in [-0.1, -0.05) is 12.1 Å². The molecule has 3 amide bonds. The quantitative estimate of drug-likeness (QED) is 0.744. The van der Waals surface area contributed by atoms with E-state index in [1.807, 2.05) is 29.2 Å².